The average Bonchev–Trinajstić information content (AvgIpc) is 3.57. The number of carbonyl (C=O) groups is 2. The highest BCUT2D eigenvalue weighted by atomic mass is 35.5. The number of thioether (sulfide) groups is 1. The lowest BCUT2D eigenvalue weighted by atomic mass is 10.2. The lowest BCUT2D eigenvalue weighted by Gasteiger charge is -2.16. The quantitative estimate of drug-likeness (QED) is 0.265. The standard InChI is InChI=1S/C24H15ClN4O2S3/c25-18-10-5-4-9-17(18)22(30)27-29-23(31)20(34-24(29)32)13-15-14-28(16-7-2-1-3-8-16)26-21(15)19-11-6-12-33-19/h1-14H,(H,27,30)/b20-13+. The molecule has 1 saturated heterocycles. The third-order valence-corrected chi connectivity index (χ3v) is 7.44. The summed E-state index contributed by atoms with van der Waals surface area (Å²) in [5, 5.41) is 8.09. The molecule has 0 bridgehead atoms. The molecule has 10 heteroatoms. The van der Waals surface area contributed by atoms with Crippen molar-refractivity contribution in [3.63, 3.8) is 0 Å². The second-order valence-electron chi connectivity index (χ2n) is 7.13. The number of rotatable bonds is 5. The zero-order chi connectivity index (χ0) is 23.7. The van der Waals surface area contributed by atoms with Gasteiger partial charge < -0.3 is 0 Å². The molecule has 168 valence electrons. The Bertz CT molecular complexity index is 1430. The monoisotopic (exact) mass is 522 g/mol. The minimum Gasteiger partial charge on any atom is -0.267 e. The van der Waals surface area contributed by atoms with E-state index in [2.05, 4.69) is 5.43 Å². The Morgan fingerprint density at radius 3 is 2.56 bits per heavy atom. The molecule has 4 aromatic rings. The lowest BCUT2D eigenvalue weighted by Crippen LogP contribution is -2.44. The van der Waals surface area contributed by atoms with Crippen LogP contribution < -0.4 is 5.43 Å². The van der Waals surface area contributed by atoms with E-state index in [1.165, 1.54) is 0 Å². The molecule has 2 amide bonds. The van der Waals surface area contributed by atoms with Crippen LogP contribution in [0.3, 0.4) is 0 Å². The number of para-hydroxylation sites is 1. The third-order valence-electron chi connectivity index (χ3n) is 4.93. The summed E-state index contributed by atoms with van der Waals surface area (Å²) in [6.45, 7) is 0. The van der Waals surface area contributed by atoms with Gasteiger partial charge in [0, 0.05) is 11.8 Å². The summed E-state index contributed by atoms with van der Waals surface area (Å²) in [4.78, 5) is 27.1. The molecular formula is C24H15ClN4O2S3. The molecule has 1 aliphatic heterocycles. The molecule has 1 aliphatic rings. The Balaban J connectivity index is 1.46. The van der Waals surface area contributed by atoms with Gasteiger partial charge in [-0.2, -0.15) is 10.1 Å². The first-order chi connectivity index (χ1) is 16.5. The maximum atomic E-state index is 13.1. The number of halogens is 1. The number of nitrogens with one attached hydrogen (secondary N) is 1. The summed E-state index contributed by atoms with van der Waals surface area (Å²) >= 11 is 14.2. The Kier molecular flexibility index (Phi) is 6.34. The SMILES string of the molecule is O=C(NN1C(=O)/C(=C\c2cn(-c3ccccc3)nc2-c2cccs2)SC1=S)c1ccccc1Cl. The highest BCUT2D eigenvalue weighted by Gasteiger charge is 2.34. The third kappa shape index (κ3) is 4.43. The molecule has 1 fully saturated rings. The molecule has 0 spiro atoms. The van der Waals surface area contributed by atoms with Gasteiger partial charge >= 0.3 is 0 Å². The second-order valence-corrected chi connectivity index (χ2v) is 10.2. The summed E-state index contributed by atoms with van der Waals surface area (Å²) in [6, 6.07) is 20.3. The number of carbonyl (C=O) groups excluding carboxylic acids is 2. The summed E-state index contributed by atoms with van der Waals surface area (Å²) in [5.41, 5.74) is 5.24. The van der Waals surface area contributed by atoms with Crippen molar-refractivity contribution in [2.24, 2.45) is 0 Å². The summed E-state index contributed by atoms with van der Waals surface area (Å²) < 4.78 is 2.01. The van der Waals surface area contributed by atoms with E-state index in [9.17, 15) is 9.59 Å². The van der Waals surface area contributed by atoms with E-state index in [0.717, 1.165) is 38.6 Å². The molecule has 0 saturated carbocycles. The van der Waals surface area contributed by atoms with Crippen molar-refractivity contribution in [2.75, 3.05) is 0 Å². The first kappa shape index (κ1) is 22.5. The van der Waals surface area contributed by atoms with E-state index in [0.29, 0.717) is 4.91 Å². The van der Waals surface area contributed by atoms with Crippen LogP contribution in [0.25, 0.3) is 22.3 Å². The molecule has 5 rings (SSSR count). The fourth-order valence-electron chi connectivity index (χ4n) is 3.32. The molecule has 6 nitrogen and oxygen atoms in total. The van der Waals surface area contributed by atoms with Crippen LogP contribution in [-0.2, 0) is 4.79 Å². The number of thiocarbonyl (C=S) groups is 1. The van der Waals surface area contributed by atoms with E-state index in [-0.39, 0.29) is 14.9 Å². The minimum atomic E-state index is -0.515. The van der Waals surface area contributed by atoms with Gasteiger partial charge in [0.15, 0.2) is 4.32 Å². The van der Waals surface area contributed by atoms with Crippen molar-refractivity contribution in [1.29, 1.82) is 0 Å². The van der Waals surface area contributed by atoms with Gasteiger partial charge in [0.2, 0.25) is 0 Å². The molecule has 2 aromatic carbocycles. The number of aromatic nitrogens is 2. The zero-order valence-electron chi connectivity index (χ0n) is 17.3. The summed E-state index contributed by atoms with van der Waals surface area (Å²) in [7, 11) is 0. The molecule has 1 N–H and O–H groups in total. The number of nitrogens with zero attached hydrogens (tertiary/aromatic N) is 3. The summed E-state index contributed by atoms with van der Waals surface area (Å²) in [5.74, 6) is -0.931. The zero-order valence-corrected chi connectivity index (χ0v) is 20.5. The van der Waals surface area contributed by atoms with Gasteiger partial charge in [0.25, 0.3) is 11.8 Å². The van der Waals surface area contributed by atoms with Crippen LogP contribution in [0.4, 0.5) is 0 Å². The Morgan fingerprint density at radius 1 is 1.06 bits per heavy atom. The Morgan fingerprint density at radius 2 is 1.82 bits per heavy atom. The number of hydrogen-bond acceptors (Lipinski definition) is 6. The smallest absolute Gasteiger partial charge is 0.267 e. The highest BCUT2D eigenvalue weighted by Crippen LogP contribution is 2.35. The van der Waals surface area contributed by atoms with Gasteiger partial charge in [0.05, 0.1) is 26.1 Å². The van der Waals surface area contributed by atoms with Crippen molar-refractivity contribution >= 4 is 69.1 Å². The molecule has 3 heterocycles. The summed E-state index contributed by atoms with van der Waals surface area (Å²) in [6.07, 6.45) is 3.63. The van der Waals surface area contributed by atoms with Crippen LogP contribution in [0.1, 0.15) is 15.9 Å². The number of hydrazine groups is 1. The molecule has 0 unspecified atom stereocenters. The van der Waals surface area contributed by atoms with Gasteiger partial charge in [0.1, 0.15) is 5.69 Å². The number of hydrogen-bond donors (Lipinski definition) is 1. The van der Waals surface area contributed by atoms with Gasteiger partial charge in [-0.1, -0.05) is 59.8 Å². The largest absolute Gasteiger partial charge is 0.285 e. The van der Waals surface area contributed by atoms with E-state index < -0.39 is 11.8 Å². The maximum Gasteiger partial charge on any atom is 0.285 e. The topological polar surface area (TPSA) is 67.2 Å². The average molecular weight is 523 g/mol. The molecule has 0 atom stereocenters. The second kappa shape index (κ2) is 9.55. The van der Waals surface area contributed by atoms with E-state index in [1.807, 2.05) is 54.0 Å². The lowest BCUT2D eigenvalue weighted by molar-refractivity contribution is -0.123. The first-order valence-electron chi connectivity index (χ1n) is 10.0. The molecule has 0 aliphatic carbocycles. The van der Waals surface area contributed by atoms with Gasteiger partial charge in [-0.25, -0.2) is 4.68 Å². The fourth-order valence-corrected chi connectivity index (χ4v) is 5.45. The predicted molar refractivity (Wildman–Crippen MR) is 141 cm³/mol. The van der Waals surface area contributed by atoms with Crippen molar-refractivity contribution in [2.45, 2.75) is 0 Å². The van der Waals surface area contributed by atoms with Crippen LogP contribution >= 0.6 is 46.9 Å². The van der Waals surface area contributed by atoms with Crippen molar-refractivity contribution in [1.82, 2.24) is 20.2 Å². The van der Waals surface area contributed by atoms with Crippen molar-refractivity contribution in [3.8, 4) is 16.3 Å². The minimum absolute atomic E-state index is 0.227. The van der Waals surface area contributed by atoms with Crippen LogP contribution in [-0.4, -0.2) is 30.9 Å². The van der Waals surface area contributed by atoms with E-state index in [1.54, 1.807) is 46.4 Å². The number of thiophene rings is 1. The first-order valence-corrected chi connectivity index (χ1v) is 12.5. The van der Waals surface area contributed by atoms with Gasteiger partial charge in [-0.3, -0.25) is 15.0 Å². The highest BCUT2D eigenvalue weighted by molar-refractivity contribution is 8.26. The normalized spacial score (nSPS) is 14.7. The fraction of sp³-hybridized carbons (Fsp3) is 0. The molecule has 2 aromatic heterocycles. The van der Waals surface area contributed by atoms with Crippen molar-refractivity contribution < 1.29 is 9.59 Å². The van der Waals surface area contributed by atoms with Gasteiger partial charge in [-0.05, 0) is 54.0 Å². The van der Waals surface area contributed by atoms with Crippen LogP contribution in [0.2, 0.25) is 5.02 Å². The van der Waals surface area contributed by atoms with E-state index in [4.69, 9.17) is 28.9 Å². The number of benzene rings is 2. The van der Waals surface area contributed by atoms with Crippen LogP contribution in [0, 0.1) is 0 Å². The Hall–Kier alpha value is -3.24. The maximum absolute atomic E-state index is 13.1. The molecule has 0 radical (unpaired) electrons. The van der Waals surface area contributed by atoms with Gasteiger partial charge in [-0.15, -0.1) is 11.3 Å². The van der Waals surface area contributed by atoms with Crippen molar-refractivity contribution in [3.05, 3.63) is 99.4 Å². The van der Waals surface area contributed by atoms with Crippen LogP contribution in [0.5, 0.6) is 0 Å². The molecular weight excluding hydrogens is 508 g/mol. The van der Waals surface area contributed by atoms with E-state index >= 15 is 0 Å². The van der Waals surface area contributed by atoms with Crippen LogP contribution in [0.15, 0.2) is 83.2 Å². The molecule has 34 heavy (non-hydrogen) atoms. The Labute approximate surface area is 213 Å². The predicted octanol–water partition coefficient (Wildman–Crippen LogP) is 5.80. The number of amides is 2.